The van der Waals surface area contributed by atoms with Gasteiger partial charge in [-0.2, -0.15) is 4.37 Å². The quantitative estimate of drug-likeness (QED) is 0.819. The van der Waals surface area contributed by atoms with Crippen molar-refractivity contribution in [3.05, 3.63) is 10.9 Å². The zero-order valence-corrected chi connectivity index (χ0v) is 9.14. The Hall–Kier alpha value is -0.610. The molecule has 1 aliphatic rings. The van der Waals surface area contributed by atoms with Crippen molar-refractivity contribution in [2.45, 2.75) is 37.7 Å². The van der Waals surface area contributed by atoms with Crippen molar-refractivity contribution < 1.29 is 9.84 Å². The second kappa shape index (κ2) is 3.87. The van der Waals surface area contributed by atoms with Crippen LogP contribution in [-0.4, -0.2) is 16.6 Å². The highest BCUT2D eigenvalue weighted by Gasteiger charge is 2.33. The van der Waals surface area contributed by atoms with Crippen LogP contribution in [0.3, 0.4) is 0 Å². The lowest BCUT2D eigenvalue weighted by Gasteiger charge is -2.30. The average molecular weight is 213 g/mol. The molecule has 0 unspecified atom stereocenters. The zero-order valence-electron chi connectivity index (χ0n) is 8.32. The van der Waals surface area contributed by atoms with E-state index in [1.54, 1.807) is 7.11 Å². The zero-order chi connectivity index (χ0) is 10.0. The van der Waals surface area contributed by atoms with Gasteiger partial charge in [0.15, 0.2) is 0 Å². The normalized spacial score (nSPS) is 20.7. The largest absolute Gasteiger partial charge is 0.480 e. The summed E-state index contributed by atoms with van der Waals surface area (Å²) in [7, 11) is 1.60. The Labute approximate surface area is 87.9 Å². The van der Waals surface area contributed by atoms with Gasteiger partial charge in [0.25, 0.3) is 0 Å². The summed E-state index contributed by atoms with van der Waals surface area (Å²) in [5.74, 6) is 0.615. The van der Waals surface area contributed by atoms with Gasteiger partial charge >= 0.3 is 0 Å². The van der Waals surface area contributed by atoms with E-state index in [2.05, 4.69) is 4.37 Å². The Bertz CT molecular complexity index is 305. The van der Waals surface area contributed by atoms with Crippen LogP contribution in [0.25, 0.3) is 0 Å². The summed E-state index contributed by atoms with van der Waals surface area (Å²) < 4.78 is 9.13. The Balaban J connectivity index is 2.19. The van der Waals surface area contributed by atoms with E-state index in [-0.39, 0.29) is 0 Å². The van der Waals surface area contributed by atoms with Crippen LogP contribution in [0, 0.1) is 0 Å². The number of ether oxygens (including phenoxy) is 1. The van der Waals surface area contributed by atoms with Crippen molar-refractivity contribution in [1.29, 1.82) is 0 Å². The molecular formula is C10H15NO2S. The molecule has 0 aromatic carbocycles. The van der Waals surface area contributed by atoms with E-state index in [1.807, 2.05) is 6.07 Å². The fraction of sp³-hybridized carbons (Fsp3) is 0.700. The Kier molecular flexibility index (Phi) is 2.74. The van der Waals surface area contributed by atoms with E-state index in [9.17, 15) is 5.11 Å². The lowest BCUT2D eigenvalue weighted by Crippen LogP contribution is -2.27. The van der Waals surface area contributed by atoms with Crippen molar-refractivity contribution >= 4 is 11.5 Å². The fourth-order valence-electron chi connectivity index (χ4n) is 1.96. The number of methoxy groups -OCH3 is 1. The maximum absolute atomic E-state index is 10.4. The summed E-state index contributed by atoms with van der Waals surface area (Å²) in [5, 5.41) is 10.4. The standard InChI is InChI=1S/C10H15NO2S/c1-13-9-7-8(14-11-9)10(12)5-3-2-4-6-10/h7,12H,2-6H2,1H3. The van der Waals surface area contributed by atoms with Gasteiger partial charge in [-0.05, 0) is 24.4 Å². The van der Waals surface area contributed by atoms with Crippen molar-refractivity contribution in [3.63, 3.8) is 0 Å². The van der Waals surface area contributed by atoms with E-state index in [4.69, 9.17) is 4.74 Å². The topological polar surface area (TPSA) is 42.4 Å². The van der Waals surface area contributed by atoms with Gasteiger partial charge in [0.2, 0.25) is 5.88 Å². The number of nitrogens with zero attached hydrogens (tertiary/aromatic N) is 1. The van der Waals surface area contributed by atoms with Gasteiger partial charge in [0.05, 0.1) is 12.0 Å². The van der Waals surface area contributed by atoms with Crippen LogP contribution in [0.1, 0.15) is 37.0 Å². The Morgan fingerprint density at radius 1 is 1.43 bits per heavy atom. The molecule has 1 aromatic heterocycles. The number of rotatable bonds is 2. The molecule has 1 aromatic rings. The monoisotopic (exact) mass is 213 g/mol. The van der Waals surface area contributed by atoms with Crippen molar-refractivity contribution in [3.8, 4) is 5.88 Å². The first-order valence-corrected chi connectivity index (χ1v) is 5.75. The van der Waals surface area contributed by atoms with Gasteiger partial charge in [-0.25, -0.2) is 0 Å². The van der Waals surface area contributed by atoms with Crippen LogP contribution in [0.15, 0.2) is 6.07 Å². The molecule has 0 aliphatic heterocycles. The molecule has 0 saturated heterocycles. The summed E-state index contributed by atoms with van der Waals surface area (Å²) in [6.07, 6.45) is 5.17. The Morgan fingerprint density at radius 3 is 2.71 bits per heavy atom. The smallest absolute Gasteiger partial charge is 0.225 e. The van der Waals surface area contributed by atoms with E-state index < -0.39 is 5.60 Å². The molecule has 1 aliphatic carbocycles. The van der Waals surface area contributed by atoms with Gasteiger partial charge in [-0.3, -0.25) is 0 Å². The molecule has 14 heavy (non-hydrogen) atoms. The van der Waals surface area contributed by atoms with Crippen LogP contribution in [0.4, 0.5) is 0 Å². The highest BCUT2D eigenvalue weighted by Crippen LogP contribution is 2.39. The molecular weight excluding hydrogens is 198 g/mol. The predicted octanol–water partition coefficient (Wildman–Crippen LogP) is 2.30. The van der Waals surface area contributed by atoms with Gasteiger partial charge in [0.1, 0.15) is 5.60 Å². The van der Waals surface area contributed by atoms with Crippen molar-refractivity contribution in [2.75, 3.05) is 7.11 Å². The van der Waals surface area contributed by atoms with Crippen LogP contribution in [-0.2, 0) is 5.60 Å². The molecule has 1 heterocycles. The summed E-state index contributed by atoms with van der Waals surface area (Å²) in [6, 6.07) is 1.86. The fourth-order valence-corrected chi connectivity index (χ4v) is 2.80. The number of hydrogen-bond donors (Lipinski definition) is 1. The van der Waals surface area contributed by atoms with Crippen LogP contribution < -0.4 is 4.74 Å². The minimum Gasteiger partial charge on any atom is -0.480 e. The third-order valence-corrected chi connectivity index (χ3v) is 3.80. The predicted molar refractivity (Wildman–Crippen MR) is 55.6 cm³/mol. The van der Waals surface area contributed by atoms with E-state index >= 15 is 0 Å². The van der Waals surface area contributed by atoms with E-state index in [0.717, 1.165) is 30.6 Å². The molecule has 4 heteroatoms. The van der Waals surface area contributed by atoms with Gasteiger partial charge in [-0.1, -0.05) is 19.3 Å². The molecule has 0 bridgehead atoms. The molecule has 78 valence electrons. The molecule has 1 fully saturated rings. The molecule has 3 nitrogen and oxygen atoms in total. The third kappa shape index (κ3) is 1.77. The van der Waals surface area contributed by atoms with Crippen molar-refractivity contribution in [1.82, 2.24) is 4.37 Å². The molecule has 0 radical (unpaired) electrons. The average Bonchev–Trinajstić information content (AvgIpc) is 2.67. The summed E-state index contributed by atoms with van der Waals surface area (Å²) in [6.45, 7) is 0. The highest BCUT2D eigenvalue weighted by molar-refractivity contribution is 7.06. The number of hydrogen-bond acceptors (Lipinski definition) is 4. The van der Waals surface area contributed by atoms with Gasteiger partial charge in [-0.15, -0.1) is 0 Å². The molecule has 0 amide bonds. The first kappa shape index (κ1) is 9.93. The summed E-state index contributed by atoms with van der Waals surface area (Å²) >= 11 is 1.35. The lowest BCUT2D eigenvalue weighted by atomic mass is 9.84. The molecule has 0 atom stereocenters. The maximum atomic E-state index is 10.4. The van der Waals surface area contributed by atoms with E-state index in [1.165, 1.54) is 18.0 Å². The Morgan fingerprint density at radius 2 is 2.14 bits per heavy atom. The van der Waals surface area contributed by atoms with Gasteiger partial charge < -0.3 is 9.84 Å². The third-order valence-electron chi connectivity index (χ3n) is 2.84. The molecule has 2 rings (SSSR count). The van der Waals surface area contributed by atoms with Crippen molar-refractivity contribution in [2.24, 2.45) is 0 Å². The van der Waals surface area contributed by atoms with Gasteiger partial charge in [0, 0.05) is 6.07 Å². The number of aliphatic hydroxyl groups is 1. The summed E-state index contributed by atoms with van der Waals surface area (Å²) in [4.78, 5) is 0.953. The molecule has 0 spiro atoms. The second-order valence-corrected chi connectivity index (χ2v) is 4.63. The SMILES string of the molecule is COc1cc(C2(O)CCCCC2)sn1. The molecule has 1 N–H and O–H groups in total. The maximum Gasteiger partial charge on any atom is 0.225 e. The lowest BCUT2D eigenvalue weighted by molar-refractivity contribution is 0.00272. The second-order valence-electron chi connectivity index (χ2n) is 3.83. The first-order valence-electron chi connectivity index (χ1n) is 4.98. The molecule has 1 saturated carbocycles. The highest BCUT2D eigenvalue weighted by atomic mass is 32.1. The van der Waals surface area contributed by atoms with Crippen LogP contribution in [0.5, 0.6) is 5.88 Å². The minimum atomic E-state index is -0.632. The van der Waals surface area contributed by atoms with Crippen LogP contribution >= 0.6 is 11.5 Å². The van der Waals surface area contributed by atoms with Crippen LogP contribution in [0.2, 0.25) is 0 Å². The minimum absolute atomic E-state index is 0.615. The van der Waals surface area contributed by atoms with E-state index in [0.29, 0.717) is 5.88 Å². The first-order chi connectivity index (χ1) is 6.74. The number of aromatic nitrogens is 1. The summed E-state index contributed by atoms with van der Waals surface area (Å²) in [5.41, 5.74) is -0.632.